The number of hydrogen-bond donors (Lipinski definition) is 1. The van der Waals surface area contributed by atoms with E-state index in [0.717, 1.165) is 0 Å². The van der Waals surface area contributed by atoms with Crippen LogP contribution in [0.1, 0.15) is 16.3 Å². The highest BCUT2D eigenvalue weighted by molar-refractivity contribution is 6.32. The third-order valence-corrected chi connectivity index (χ3v) is 3.40. The van der Waals surface area contributed by atoms with Crippen molar-refractivity contribution in [3.63, 3.8) is 0 Å². The molecule has 7 heteroatoms. The number of pyridine rings is 1. The molecule has 0 aliphatic rings. The number of nitrogens with zero attached hydrogens (tertiary/aromatic N) is 3. The predicted molar refractivity (Wildman–Crippen MR) is 83.7 cm³/mol. The number of amides is 1. The maximum Gasteiger partial charge on any atom is 0.274 e. The number of hydrogen-bond acceptors (Lipinski definition) is 4. The van der Waals surface area contributed by atoms with Crippen molar-refractivity contribution in [1.82, 2.24) is 14.6 Å². The lowest BCUT2D eigenvalue weighted by Gasteiger charge is -2.08. The molecule has 1 N–H and O–H groups in total. The van der Waals surface area contributed by atoms with Gasteiger partial charge in [-0.15, -0.1) is 0 Å². The standard InChI is InChI=1S/C15H13ClN4O2/c1-9-17-14-5-3-4-12(20(14)19-9)15(21)18-10-6-7-13(22-2)11(16)8-10/h3-8H,1-2H3,(H,18,21). The van der Waals surface area contributed by atoms with Crippen LogP contribution in [0.15, 0.2) is 36.4 Å². The molecule has 22 heavy (non-hydrogen) atoms. The first-order chi connectivity index (χ1) is 10.6. The minimum absolute atomic E-state index is 0.295. The molecule has 0 spiro atoms. The number of aromatic nitrogens is 3. The Kier molecular flexibility index (Phi) is 3.68. The Morgan fingerprint density at radius 2 is 2.14 bits per heavy atom. The predicted octanol–water partition coefficient (Wildman–Crippen LogP) is 2.95. The number of methoxy groups -OCH3 is 1. The number of rotatable bonds is 3. The molecule has 0 atom stereocenters. The van der Waals surface area contributed by atoms with Crippen LogP contribution in [0.5, 0.6) is 5.75 Å². The molecule has 0 saturated heterocycles. The highest BCUT2D eigenvalue weighted by atomic mass is 35.5. The third kappa shape index (κ3) is 2.60. The first-order valence-corrected chi connectivity index (χ1v) is 6.93. The molecular formula is C15H13ClN4O2. The molecule has 0 bridgehead atoms. The zero-order valence-corrected chi connectivity index (χ0v) is 12.8. The van der Waals surface area contributed by atoms with Crippen molar-refractivity contribution in [2.24, 2.45) is 0 Å². The minimum Gasteiger partial charge on any atom is -0.495 e. The fourth-order valence-corrected chi connectivity index (χ4v) is 2.38. The molecule has 112 valence electrons. The van der Waals surface area contributed by atoms with Crippen molar-refractivity contribution in [1.29, 1.82) is 0 Å². The van der Waals surface area contributed by atoms with Gasteiger partial charge in [-0.2, -0.15) is 5.10 Å². The first-order valence-electron chi connectivity index (χ1n) is 6.56. The van der Waals surface area contributed by atoms with Gasteiger partial charge in [0.1, 0.15) is 17.3 Å². The lowest BCUT2D eigenvalue weighted by atomic mass is 10.2. The summed E-state index contributed by atoms with van der Waals surface area (Å²) in [6.07, 6.45) is 0. The summed E-state index contributed by atoms with van der Waals surface area (Å²) < 4.78 is 6.59. The van der Waals surface area contributed by atoms with Gasteiger partial charge in [-0.3, -0.25) is 4.79 Å². The molecule has 0 fully saturated rings. The Morgan fingerprint density at radius 3 is 2.86 bits per heavy atom. The molecule has 1 amide bonds. The van der Waals surface area contributed by atoms with E-state index in [-0.39, 0.29) is 5.91 Å². The maximum absolute atomic E-state index is 12.4. The van der Waals surface area contributed by atoms with Crippen molar-refractivity contribution in [2.45, 2.75) is 6.92 Å². The van der Waals surface area contributed by atoms with Gasteiger partial charge in [0.25, 0.3) is 5.91 Å². The number of benzene rings is 1. The van der Waals surface area contributed by atoms with E-state index >= 15 is 0 Å². The average molecular weight is 317 g/mol. The number of carbonyl (C=O) groups excluding carboxylic acids is 1. The SMILES string of the molecule is COc1ccc(NC(=O)c2cccc3nc(C)nn23)cc1Cl. The van der Waals surface area contributed by atoms with E-state index in [0.29, 0.717) is 33.6 Å². The second-order valence-electron chi connectivity index (χ2n) is 4.64. The highest BCUT2D eigenvalue weighted by Gasteiger charge is 2.13. The van der Waals surface area contributed by atoms with Crippen molar-refractivity contribution in [3.05, 3.63) is 52.9 Å². The van der Waals surface area contributed by atoms with E-state index in [2.05, 4.69) is 15.4 Å². The first kappa shape index (κ1) is 14.3. The fourth-order valence-electron chi connectivity index (χ4n) is 2.12. The van der Waals surface area contributed by atoms with E-state index < -0.39 is 0 Å². The van der Waals surface area contributed by atoms with Gasteiger partial charge in [0, 0.05) is 5.69 Å². The van der Waals surface area contributed by atoms with Crippen molar-refractivity contribution in [3.8, 4) is 5.75 Å². The third-order valence-electron chi connectivity index (χ3n) is 3.11. The normalized spacial score (nSPS) is 10.7. The number of ether oxygens (including phenoxy) is 1. The molecule has 6 nitrogen and oxygen atoms in total. The average Bonchev–Trinajstić information content (AvgIpc) is 2.87. The summed E-state index contributed by atoms with van der Waals surface area (Å²) in [7, 11) is 1.53. The van der Waals surface area contributed by atoms with E-state index in [4.69, 9.17) is 16.3 Å². The van der Waals surface area contributed by atoms with Crippen LogP contribution in [0, 0.1) is 6.92 Å². The molecule has 1 aromatic carbocycles. The van der Waals surface area contributed by atoms with Gasteiger partial charge in [0.15, 0.2) is 5.65 Å². The number of anilines is 1. The Labute approximate surface area is 131 Å². The Hall–Kier alpha value is -2.60. The van der Waals surface area contributed by atoms with Crippen LogP contribution in [0.25, 0.3) is 5.65 Å². The number of carbonyl (C=O) groups is 1. The molecule has 3 aromatic rings. The monoisotopic (exact) mass is 316 g/mol. The topological polar surface area (TPSA) is 68.5 Å². The Balaban J connectivity index is 1.92. The maximum atomic E-state index is 12.4. The summed E-state index contributed by atoms with van der Waals surface area (Å²) in [5.74, 6) is 0.859. The molecular weight excluding hydrogens is 304 g/mol. The number of halogens is 1. The molecule has 0 aliphatic carbocycles. The quantitative estimate of drug-likeness (QED) is 0.806. The van der Waals surface area contributed by atoms with Gasteiger partial charge in [-0.25, -0.2) is 9.50 Å². The number of fused-ring (bicyclic) bond motifs is 1. The summed E-state index contributed by atoms with van der Waals surface area (Å²) in [5.41, 5.74) is 1.59. The van der Waals surface area contributed by atoms with Gasteiger partial charge in [0.2, 0.25) is 0 Å². The van der Waals surface area contributed by atoms with Gasteiger partial charge in [0.05, 0.1) is 12.1 Å². The second kappa shape index (κ2) is 5.65. The molecule has 0 radical (unpaired) electrons. The lowest BCUT2D eigenvalue weighted by molar-refractivity contribution is 0.102. The molecule has 3 rings (SSSR count). The zero-order valence-electron chi connectivity index (χ0n) is 12.0. The summed E-state index contributed by atoms with van der Waals surface area (Å²) >= 11 is 6.05. The summed E-state index contributed by atoms with van der Waals surface area (Å²) in [4.78, 5) is 16.7. The van der Waals surface area contributed by atoms with Crippen molar-refractivity contribution in [2.75, 3.05) is 12.4 Å². The van der Waals surface area contributed by atoms with Gasteiger partial charge in [-0.1, -0.05) is 17.7 Å². The smallest absolute Gasteiger partial charge is 0.274 e. The van der Waals surface area contributed by atoms with E-state index in [9.17, 15) is 4.79 Å². The summed E-state index contributed by atoms with van der Waals surface area (Å²) in [6, 6.07) is 10.3. The van der Waals surface area contributed by atoms with Crippen LogP contribution in [0.2, 0.25) is 5.02 Å². The molecule has 2 aromatic heterocycles. The van der Waals surface area contributed by atoms with Crippen LogP contribution in [0.3, 0.4) is 0 Å². The van der Waals surface area contributed by atoms with Crippen molar-refractivity contribution < 1.29 is 9.53 Å². The van der Waals surface area contributed by atoms with Crippen LogP contribution in [-0.4, -0.2) is 27.6 Å². The minimum atomic E-state index is -0.295. The molecule has 2 heterocycles. The van der Waals surface area contributed by atoms with Crippen LogP contribution >= 0.6 is 11.6 Å². The highest BCUT2D eigenvalue weighted by Crippen LogP contribution is 2.27. The van der Waals surface area contributed by atoms with E-state index in [1.54, 1.807) is 43.3 Å². The molecule has 0 unspecified atom stereocenters. The van der Waals surface area contributed by atoms with Crippen LogP contribution < -0.4 is 10.1 Å². The Morgan fingerprint density at radius 1 is 1.32 bits per heavy atom. The van der Waals surface area contributed by atoms with Gasteiger partial charge in [-0.05, 0) is 37.3 Å². The Bertz CT molecular complexity index is 860. The van der Waals surface area contributed by atoms with Crippen molar-refractivity contribution >= 4 is 28.8 Å². The second-order valence-corrected chi connectivity index (χ2v) is 5.05. The summed E-state index contributed by atoms with van der Waals surface area (Å²) in [6.45, 7) is 1.78. The van der Waals surface area contributed by atoms with Crippen LogP contribution in [0.4, 0.5) is 5.69 Å². The molecule has 0 aliphatic heterocycles. The zero-order chi connectivity index (χ0) is 15.7. The van der Waals surface area contributed by atoms with Gasteiger partial charge < -0.3 is 10.1 Å². The summed E-state index contributed by atoms with van der Waals surface area (Å²) in [5, 5.41) is 7.43. The molecule has 0 saturated carbocycles. The van der Waals surface area contributed by atoms with E-state index in [1.165, 1.54) is 11.6 Å². The fraction of sp³-hybridized carbons (Fsp3) is 0.133. The number of nitrogens with one attached hydrogen (secondary N) is 1. The largest absolute Gasteiger partial charge is 0.495 e. The van der Waals surface area contributed by atoms with Crippen LogP contribution in [-0.2, 0) is 0 Å². The number of aryl methyl sites for hydroxylation is 1. The lowest BCUT2D eigenvalue weighted by Crippen LogP contribution is -2.16. The van der Waals surface area contributed by atoms with Gasteiger partial charge >= 0.3 is 0 Å². The van der Waals surface area contributed by atoms with E-state index in [1.807, 2.05) is 0 Å².